The Kier molecular flexibility index (Phi) is 6.06. The van der Waals surface area contributed by atoms with E-state index in [4.69, 9.17) is 7.98 Å². The molecule has 2 radical (unpaired) electrons. The number of hydrogen-bond donors (Lipinski definition) is 3. The molecule has 9 heteroatoms. The minimum Gasteiger partial charge on any atom is -0.343 e. The van der Waals surface area contributed by atoms with Crippen LogP contribution >= 0.6 is 0 Å². The summed E-state index contributed by atoms with van der Waals surface area (Å²) in [5, 5.41) is 9.88. The van der Waals surface area contributed by atoms with Crippen molar-refractivity contribution >= 4 is 42.3 Å². The third-order valence-corrected chi connectivity index (χ3v) is 6.26. The number of fused-ring (bicyclic) bond motifs is 1. The number of carbonyl (C=O) groups excluding carboxylic acids is 2. The van der Waals surface area contributed by atoms with Crippen molar-refractivity contribution in [2.45, 2.75) is 37.8 Å². The maximum absolute atomic E-state index is 12.5. The zero-order valence-corrected chi connectivity index (χ0v) is 18.3. The molecule has 0 aliphatic carbocycles. The first-order valence-corrected chi connectivity index (χ1v) is 11.3. The lowest BCUT2D eigenvalue weighted by Gasteiger charge is -2.19. The van der Waals surface area contributed by atoms with E-state index in [0.29, 0.717) is 11.6 Å². The normalized spacial score (nSPS) is 20.7. The van der Waals surface area contributed by atoms with Crippen LogP contribution in [0.2, 0.25) is 0 Å². The van der Waals surface area contributed by atoms with Crippen LogP contribution in [0.1, 0.15) is 25.7 Å². The topological polar surface area (TPSA) is 99.2 Å². The number of pyridine rings is 2. The van der Waals surface area contributed by atoms with Gasteiger partial charge in [0.25, 0.3) is 0 Å². The van der Waals surface area contributed by atoms with Gasteiger partial charge in [-0.3, -0.25) is 9.59 Å². The predicted octanol–water partition coefficient (Wildman–Crippen LogP) is 2.47. The highest BCUT2D eigenvalue weighted by Crippen LogP contribution is 2.25. The van der Waals surface area contributed by atoms with Crippen molar-refractivity contribution < 1.29 is 9.59 Å². The lowest BCUT2D eigenvalue weighted by atomic mass is 10.0. The van der Waals surface area contributed by atoms with Gasteiger partial charge in [0.2, 0.25) is 11.8 Å². The third kappa shape index (κ3) is 4.74. The molecule has 0 saturated carbocycles. The fourth-order valence-electron chi connectivity index (χ4n) is 4.42. The standard InChI is InChI=1S/C24H25BN6O2/c25-31-12-2-4-20(31)24(33)30-22-10-6-16-13-15(5-8-18(16)28-22)17-7-9-21(27-14-17)29-23(32)19-3-1-11-26-19/h5-10,13-14,19-20,26H,1-4,11-12H2,(H,27,29,32)(H,28,30,33)/t19-,20-/m0/s1. The summed E-state index contributed by atoms with van der Waals surface area (Å²) in [6.07, 6.45) is 5.30. The van der Waals surface area contributed by atoms with Gasteiger partial charge in [0.1, 0.15) is 11.6 Å². The van der Waals surface area contributed by atoms with Gasteiger partial charge in [0.15, 0.2) is 7.98 Å². The molecule has 4 heterocycles. The molecule has 166 valence electrons. The fraction of sp³-hybridized carbons (Fsp3) is 0.333. The van der Waals surface area contributed by atoms with Crippen LogP contribution in [-0.4, -0.2) is 59.7 Å². The minimum atomic E-state index is -0.306. The number of carbonyl (C=O) groups is 2. The number of aromatic nitrogens is 2. The van der Waals surface area contributed by atoms with E-state index in [0.717, 1.165) is 60.8 Å². The zero-order chi connectivity index (χ0) is 22.8. The van der Waals surface area contributed by atoms with Gasteiger partial charge in [-0.1, -0.05) is 6.07 Å². The second kappa shape index (κ2) is 9.29. The van der Waals surface area contributed by atoms with Crippen molar-refractivity contribution in [2.75, 3.05) is 23.7 Å². The third-order valence-electron chi connectivity index (χ3n) is 6.26. The Labute approximate surface area is 193 Å². The molecule has 0 bridgehead atoms. The number of nitrogens with zero attached hydrogens (tertiary/aromatic N) is 3. The van der Waals surface area contributed by atoms with Crippen LogP contribution in [0.15, 0.2) is 48.7 Å². The first-order chi connectivity index (χ1) is 16.1. The first kappa shape index (κ1) is 21.5. The summed E-state index contributed by atoms with van der Waals surface area (Å²) in [5.74, 6) is 0.887. The average molecular weight is 440 g/mol. The Hall–Kier alpha value is -3.30. The maximum atomic E-state index is 12.5. The van der Waals surface area contributed by atoms with Crippen LogP contribution in [0.5, 0.6) is 0 Å². The predicted molar refractivity (Wildman–Crippen MR) is 129 cm³/mol. The van der Waals surface area contributed by atoms with E-state index in [9.17, 15) is 9.59 Å². The van der Waals surface area contributed by atoms with E-state index >= 15 is 0 Å². The summed E-state index contributed by atoms with van der Waals surface area (Å²) in [6, 6.07) is 13.0. The summed E-state index contributed by atoms with van der Waals surface area (Å²) in [7, 11) is 5.88. The van der Waals surface area contributed by atoms with E-state index in [-0.39, 0.29) is 23.9 Å². The van der Waals surface area contributed by atoms with Crippen LogP contribution in [0.4, 0.5) is 11.6 Å². The molecule has 0 spiro atoms. The van der Waals surface area contributed by atoms with Crippen LogP contribution < -0.4 is 16.0 Å². The molecule has 0 unspecified atom stereocenters. The number of nitrogens with one attached hydrogen (secondary N) is 3. The summed E-state index contributed by atoms with van der Waals surface area (Å²) in [6.45, 7) is 1.61. The molecule has 8 nitrogen and oxygen atoms in total. The molecule has 2 aliphatic heterocycles. The summed E-state index contributed by atoms with van der Waals surface area (Å²) >= 11 is 0. The van der Waals surface area contributed by atoms with Gasteiger partial charge >= 0.3 is 0 Å². The van der Waals surface area contributed by atoms with Crippen molar-refractivity contribution in [2.24, 2.45) is 0 Å². The largest absolute Gasteiger partial charge is 0.343 e. The van der Waals surface area contributed by atoms with Gasteiger partial charge in [-0.05, 0) is 80.7 Å². The quantitative estimate of drug-likeness (QED) is 0.528. The summed E-state index contributed by atoms with van der Waals surface area (Å²) in [5.41, 5.74) is 2.72. The SMILES string of the molecule is [B]N1CCC[C@H]1C(=O)Nc1ccc2cc(-c3ccc(NC(=O)[C@@H]4CCCN4)nc3)ccc2n1. The number of amides is 2. The van der Waals surface area contributed by atoms with Gasteiger partial charge in [-0.2, -0.15) is 0 Å². The lowest BCUT2D eigenvalue weighted by molar-refractivity contribution is -0.119. The minimum absolute atomic E-state index is 0.0421. The maximum Gasteiger partial charge on any atom is 0.242 e. The second-order valence-electron chi connectivity index (χ2n) is 8.56. The van der Waals surface area contributed by atoms with Gasteiger partial charge in [0, 0.05) is 17.1 Å². The van der Waals surface area contributed by atoms with E-state index in [1.54, 1.807) is 17.1 Å². The monoisotopic (exact) mass is 440 g/mol. The molecule has 2 saturated heterocycles. The number of hydrogen-bond acceptors (Lipinski definition) is 6. The van der Waals surface area contributed by atoms with Crippen molar-refractivity contribution in [3.8, 4) is 11.1 Å². The average Bonchev–Trinajstić information content (AvgIpc) is 3.51. The highest BCUT2D eigenvalue weighted by molar-refractivity contribution is 6.08. The van der Waals surface area contributed by atoms with Gasteiger partial charge in [0.05, 0.1) is 17.6 Å². The molecule has 2 amide bonds. The Morgan fingerprint density at radius 1 is 0.970 bits per heavy atom. The van der Waals surface area contributed by atoms with Crippen molar-refractivity contribution in [1.82, 2.24) is 20.1 Å². The molecule has 5 rings (SSSR count). The van der Waals surface area contributed by atoms with E-state index < -0.39 is 0 Å². The highest BCUT2D eigenvalue weighted by atomic mass is 16.2. The molecule has 2 aromatic heterocycles. The fourth-order valence-corrected chi connectivity index (χ4v) is 4.42. The van der Waals surface area contributed by atoms with Crippen LogP contribution in [0, 0.1) is 0 Å². The van der Waals surface area contributed by atoms with Crippen LogP contribution in [-0.2, 0) is 9.59 Å². The van der Waals surface area contributed by atoms with Crippen LogP contribution in [0.3, 0.4) is 0 Å². The molecule has 3 N–H and O–H groups in total. The highest BCUT2D eigenvalue weighted by Gasteiger charge is 2.27. The van der Waals surface area contributed by atoms with E-state index in [2.05, 4.69) is 25.9 Å². The smallest absolute Gasteiger partial charge is 0.242 e. The van der Waals surface area contributed by atoms with Crippen molar-refractivity contribution in [3.63, 3.8) is 0 Å². The summed E-state index contributed by atoms with van der Waals surface area (Å²) in [4.78, 5) is 35.3. The number of rotatable bonds is 5. The Morgan fingerprint density at radius 2 is 1.79 bits per heavy atom. The molecule has 2 aliphatic rings. The number of anilines is 2. The van der Waals surface area contributed by atoms with E-state index in [1.165, 1.54) is 0 Å². The molecular formula is C24H25BN6O2. The molecule has 33 heavy (non-hydrogen) atoms. The van der Waals surface area contributed by atoms with E-state index in [1.807, 2.05) is 36.4 Å². The van der Waals surface area contributed by atoms with Crippen molar-refractivity contribution in [3.05, 3.63) is 48.7 Å². The zero-order valence-electron chi connectivity index (χ0n) is 18.3. The lowest BCUT2D eigenvalue weighted by Crippen LogP contribution is -2.38. The molecule has 1 aromatic carbocycles. The van der Waals surface area contributed by atoms with Crippen molar-refractivity contribution in [1.29, 1.82) is 0 Å². The molecular weight excluding hydrogens is 415 g/mol. The molecule has 2 fully saturated rings. The van der Waals surface area contributed by atoms with Gasteiger partial charge < -0.3 is 20.8 Å². The molecule has 2 atom stereocenters. The van der Waals surface area contributed by atoms with Crippen LogP contribution in [0.25, 0.3) is 22.0 Å². The number of benzene rings is 1. The Bertz CT molecular complexity index is 1180. The van der Waals surface area contributed by atoms with Gasteiger partial charge in [-0.15, -0.1) is 0 Å². The first-order valence-electron chi connectivity index (χ1n) is 11.3. The molecule has 3 aromatic rings. The van der Waals surface area contributed by atoms with Gasteiger partial charge in [-0.25, -0.2) is 9.97 Å². The Morgan fingerprint density at radius 3 is 2.52 bits per heavy atom. The second-order valence-corrected chi connectivity index (χ2v) is 8.56. The summed E-state index contributed by atoms with van der Waals surface area (Å²) < 4.78 is 0. The Balaban J connectivity index is 1.27.